The highest BCUT2D eigenvalue weighted by Crippen LogP contribution is 2.08. The van der Waals surface area contributed by atoms with Crippen molar-refractivity contribution in [2.75, 3.05) is 11.1 Å². The van der Waals surface area contributed by atoms with Crippen molar-refractivity contribution in [1.82, 2.24) is 9.55 Å². The Morgan fingerprint density at radius 2 is 2.24 bits per heavy atom. The number of anilines is 2. The molecule has 0 bridgehead atoms. The summed E-state index contributed by atoms with van der Waals surface area (Å²) in [6, 6.07) is 4.47. The van der Waals surface area contributed by atoms with E-state index in [2.05, 4.69) is 10.3 Å². The number of carbonyl (C=O) groups excluding carboxylic acids is 1. The predicted octanol–water partition coefficient (Wildman–Crippen LogP) is 0.548. The van der Waals surface area contributed by atoms with Crippen LogP contribution in [0, 0.1) is 0 Å². The Labute approximate surface area is 97.1 Å². The van der Waals surface area contributed by atoms with E-state index in [-0.39, 0.29) is 11.5 Å². The monoisotopic (exact) mass is 232 g/mol. The molecule has 4 N–H and O–H groups in total. The second-order valence-electron chi connectivity index (χ2n) is 3.67. The van der Waals surface area contributed by atoms with Gasteiger partial charge in [-0.2, -0.15) is 0 Å². The first kappa shape index (κ1) is 11.0. The Balaban J connectivity index is 2.18. The highest BCUT2D eigenvalue weighted by Gasteiger charge is 2.08. The first-order valence-electron chi connectivity index (χ1n) is 4.98. The summed E-state index contributed by atoms with van der Waals surface area (Å²) in [5.74, 6) is -0.305. The molecule has 2 aromatic rings. The maximum absolute atomic E-state index is 11.7. The van der Waals surface area contributed by atoms with Crippen LogP contribution in [0.15, 0.2) is 35.4 Å². The molecule has 0 radical (unpaired) electrons. The zero-order valence-electron chi connectivity index (χ0n) is 9.23. The molecule has 0 aliphatic carbocycles. The minimum absolute atomic E-state index is 0.132. The smallest absolute Gasteiger partial charge is 0.272 e. The molecule has 0 aromatic carbocycles. The topological polar surface area (TPSA) is 92.9 Å². The van der Waals surface area contributed by atoms with Gasteiger partial charge >= 0.3 is 0 Å². The zero-order chi connectivity index (χ0) is 12.4. The average Bonchev–Trinajstić information content (AvgIpc) is 2.70. The van der Waals surface area contributed by atoms with Gasteiger partial charge in [0.05, 0.1) is 5.69 Å². The van der Waals surface area contributed by atoms with Crippen molar-refractivity contribution >= 4 is 17.3 Å². The lowest BCUT2D eigenvalue weighted by Crippen LogP contribution is -2.18. The fraction of sp³-hybridized carbons (Fsp3) is 0.0909. The largest absolute Gasteiger partial charge is 0.397 e. The average molecular weight is 232 g/mol. The highest BCUT2D eigenvalue weighted by molar-refractivity contribution is 6.03. The molecular weight excluding hydrogens is 220 g/mol. The molecule has 0 atom stereocenters. The molecule has 0 aliphatic heterocycles. The van der Waals surface area contributed by atoms with Gasteiger partial charge in [-0.15, -0.1) is 0 Å². The number of rotatable bonds is 2. The quantitative estimate of drug-likeness (QED) is 0.705. The van der Waals surface area contributed by atoms with E-state index >= 15 is 0 Å². The molecule has 2 heterocycles. The maximum atomic E-state index is 11.7. The van der Waals surface area contributed by atoms with Crippen LogP contribution in [0.25, 0.3) is 0 Å². The molecule has 2 aromatic heterocycles. The highest BCUT2D eigenvalue weighted by atomic mass is 16.2. The number of nitrogens with zero attached hydrogens (tertiary/aromatic N) is 1. The maximum Gasteiger partial charge on any atom is 0.272 e. The van der Waals surface area contributed by atoms with Gasteiger partial charge in [0.1, 0.15) is 5.69 Å². The van der Waals surface area contributed by atoms with E-state index in [1.165, 1.54) is 22.9 Å². The molecule has 6 heteroatoms. The van der Waals surface area contributed by atoms with Crippen molar-refractivity contribution in [3.63, 3.8) is 0 Å². The molecule has 0 fully saturated rings. The van der Waals surface area contributed by atoms with Crippen LogP contribution in [0.2, 0.25) is 0 Å². The van der Waals surface area contributed by atoms with Crippen molar-refractivity contribution in [3.8, 4) is 0 Å². The number of hydrogen-bond acceptors (Lipinski definition) is 3. The molecule has 88 valence electrons. The van der Waals surface area contributed by atoms with Crippen molar-refractivity contribution in [3.05, 3.63) is 46.6 Å². The van der Waals surface area contributed by atoms with E-state index in [0.29, 0.717) is 17.1 Å². The number of aryl methyl sites for hydroxylation is 1. The number of hydrogen-bond donors (Lipinski definition) is 3. The summed E-state index contributed by atoms with van der Waals surface area (Å²) >= 11 is 0. The van der Waals surface area contributed by atoms with E-state index in [0.717, 1.165) is 0 Å². The third kappa shape index (κ3) is 2.36. The van der Waals surface area contributed by atoms with Gasteiger partial charge in [0.2, 0.25) is 5.56 Å². The van der Waals surface area contributed by atoms with Crippen LogP contribution in [-0.4, -0.2) is 15.5 Å². The number of aromatic amines is 1. The normalized spacial score (nSPS) is 10.2. The Hall–Kier alpha value is -2.50. The SMILES string of the molecule is Cn1cc(NC(=O)c2cc(N)c[nH]2)ccc1=O. The fourth-order valence-corrected chi connectivity index (χ4v) is 1.41. The van der Waals surface area contributed by atoms with Crippen LogP contribution in [0.4, 0.5) is 11.4 Å². The van der Waals surface area contributed by atoms with E-state index in [1.807, 2.05) is 0 Å². The Bertz CT molecular complexity index is 612. The van der Waals surface area contributed by atoms with E-state index in [4.69, 9.17) is 5.73 Å². The standard InChI is InChI=1S/C11H12N4O2/c1-15-6-8(2-3-10(15)16)14-11(17)9-4-7(12)5-13-9/h2-6,13H,12H2,1H3,(H,14,17). The second kappa shape index (κ2) is 4.17. The van der Waals surface area contributed by atoms with Crippen LogP contribution in [-0.2, 0) is 7.05 Å². The second-order valence-corrected chi connectivity index (χ2v) is 3.67. The number of nitrogens with one attached hydrogen (secondary N) is 2. The van der Waals surface area contributed by atoms with Gasteiger partial charge < -0.3 is 20.6 Å². The van der Waals surface area contributed by atoms with E-state index < -0.39 is 0 Å². The molecule has 17 heavy (non-hydrogen) atoms. The third-order valence-electron chi connectivity index (χ3n) is 2.29. The summed E-state index contributed by atoms with van der Waals surface area (Å²) in [4.78, 5) is 25.6. The van der Waals surface area contributed by atoms with Gasteiger partial charge in [-0.1, -0.05) is 0 Å². The zero-order valence-corrected chi connectivity index (χ0v) is 9.23. The minimum atomic E-state index is -0.305. The summed E-state index contributed by atoms with van der Waals surface area (Å²) in [6.07, 6.45) is 3.09. The molecule has 0 unspecified atom stereocenters. The van der Waals surface area contributed by atoms with E-state index in [1.54, 1.807) is 19.3 Å². The number of amides is 1. The number of carbonyl (C=O) groups is 1. The number of nitrogen functional groups attached to an aromatic ring is 1. The van der Waals surface area contributed by atoms with Crippen LogP contribution < -0.4 is 16.6 Å². The summed E-state index contributed by atoms with van der Waals surface area (Å²) in [6.45, 7) is 0. The summed E-state index contributed by atoms with van der Waals surface area (Å²) in [5, 5.41) is 2.65. The summed E-state index contributed by atoms with van der Waals surface area (Å²) in [7, 11) is 1.62. The van der Waals surface area contributed by atoms with Crippen LogP contribution in [0.5, 0.6) is 0 Å². The number of H-pyrrole nitrogens is 1. The fourth-order valence-electron chi connectivity index (χ4n) is 1.41. The lowest BCUT2D eigenvalue weighted by atomic mass is 10.3. The molecule has 2 rings (SSSR count). The Morgan fingerprint density at radius 1 is 1.47 bits per heavy atom. The molecule has 0 saturated carbocycles. The van der Waals surface area contributed by atoms with Crippen molar-refractivity contribution in [2.45, 2.75) is 0 Å². The lowest BCUT2D eigenvalue weighted by molar-refractivity contribution is 0.102. The van der Waals surface area contributed by atoms with Crippen LogP contribution in [0.1, 0.15) is 10.5 Å². The van der Waals surface area contributed by atoms with Gasteiger partial charge in [0.15, 0.2) is 0 Å². The van der Waals surface area contributed by atoms with Crippen LogP contribution in [0.3, 0.4) is 0 Å². The minimum Gasteiger partial charge on any atom is -0.397 e. The number of aromatic nitrogens is 2. The molecule has 1 amide bonds. The molecule has 0 saturated heterocycles. The van der Waals surface area contributed by atoms with Crippen LogP contribution >= 0.6 is 0 Å². The van der Waals surface area contributed by atoms with Gasteiger partial charge in [0, 0.05) is 31.2 Å². The lowest BCUT2D eigenvalue weighted by Gasteiger charge is -2.04. The molecule has 6 nitrogen and oxygen atoms in total. The summed E-state index contributed by atoms with van der Waals surface area (Å²) < 4.78 is 1.39. The van der Waals surface area contributed by atoms with E-state index in [9.17, 15) is 9.59 Å². The van der Waals surface area contributed by atoms with Gasteiger partial charge in [-0.25, -0.2) is 0 Å². The van der Waals surface area contributed by atoms with Crippen molar-refractivity contribution in [2.24, 2.45) is 7.05 Å². The first-order chi connectivity index (χ1) is 8.06. The molecule has 0 spiro atoms. The third-order valence-corrected chi connectivity index (χ3v) is 2.29. The Kier molecular flexibility index (Phi) is 2.70. The number of nitrogens with two attached hydrogens (primary N) is 1. The predicted molar refractivity (Wildman–Crippen MR) is 64.8 cm³/mol. The summed E-state index contributed by atoms with van der Waals surface area (Å²) in [5.41, 5.74) is 6.78. The molecular formula is C11H12N4O2. The van der Waals surface area contributed by atoms with Gasteiger partial charge in [0.25, 0.3) is 5.91 Å². The van der Waals surface area contributed by atoms with Gasteiger partial charge in [-0.3, -0.25) is 9.59 Å². The van der Waals surface area contributed by atoms with Crippen molar-refractivity contribution < 1.29 is 4.79 Å². The molecule has 0 aliphatic rings. The van der Waals surface area contributed by atoms with Gasteiger partial charge in [-0.05, 0) is 12.1 Å². The van der Waals surface area contributed by atoms with Crippen molar-refractivity contribution in [1.29, 1.82) is 0 Å². The number of pyridine rings is 1. The first-order valence-corrected chi connectivity index (χ1v) is 4.98. The Morgan fingerprint density at radius 3 is 2.82 bits per heavy atom.